The summed E-state index contributed by atoms with van der Waals surface area (Å²) in [6.45, 7) is 6.26. The Morgan fingerprint density at radius 3 is 0.849 bits per heavy atom. The fourth-order valence-electron chi connectivity index (χ4n) is 6.13. The molecule has 1 atom stereocenters. The van der Waals surface area contributed by atoms with E-state index in [2.05, 4.69) is 20.8 Å². The van der Waals surface area contributed by atoms with E-state index in [0.29, 0.717) is 19.3 Å². The monoisotopic (exact) mass is 759 g/mol. The molecule has 0 aromatic heterocycles. The number of ether oxygens (including phenoxy) is 1. The molecule has 53 heavy (non-hydrogen) atoms. The van der Waals surface area contributed by atoms with Gasteiger partial charge < -0.3 is 25.2 Å². The molecular weight excluding hydrogens is 668 g/mol. The number of carboxylic acids is 2. The second kappa shape index (κ2) is 50.3. The first-order chi connectivity index (χ1) is 25.7. The van der Waals surface area contributed by atoms with Crippen LogP contribution >= 0.6 is 0 Å². The molecule has 0 aromatic carbocycles. The summed E-state index contributed by atoms with van der Waals surface area (Å²) in [5.41, 5.74) is 0. The van der Waals surface area contributed by atoms with Crippen molar-refractivity contribution < 1.29 is 39.5 Å². The average Bonchev–Trinajstić information content (AvgIpc) is 3.14. The van der Waals surface area contributed by atoms with E-state index in [1.165, 1.54) is 173 Å². The molecule has 0 rings (SSSR count). The van der Waals surface area contributed by atoms with E-state index in [1.807, 2.05) is 0 Å². The van der Waals surface area contributed by atoms with Gasteiger partial charge in [-0.25, -0.2) is 0 Å². The van der Waals surface area contributed by atoms with E-state index in [4.69, 9.17) is 25.2 Å². The van der Waals surface area contributed by atoms with Crippen LogP contribution < -0.4 is 0 Å². The van der Waals surface area contributed by atoms with Gasteiger partial charge in [-0.05, 0) is 19.3 Å². The van der Waals surface area contributed by atoms with Gasteiger partial charge in [0.05, 0.1) is 6.61 Å². The molecule has 0 heterocycles. The lowest BCUT2D eigenvalue weighted by Crippen LogP contribution is -2.21. The topological polar surface area (TPSA) is 141 Å². The highest BCUT2D eigenvalue weighted by atomic mass is 16.5. The third-order valence-corrected chi connectivity index (χ3v) is 9.62. The Hall–Kier alpha value is -1.67. The number of carbonyl (C=O) groups is 3. The van der Waals surface area contributed by atoms with Gasteiger partial charge in [0.1, 0.15) is 12.7 Å². The molecule has 0 spiro atoms. The van der Waals surface area contributed by atoms with Crippen LogP contribution in [0.15, 0.2) is 0 Å². The van der Waals surface area contributed by atoms with Crippen LogP contribution in [-0.4, -0.2) is 57.7 Å². The van der Waals surface area contributed by atoms with Crippen molar-refractivity contribution in [3.63, 3.8) is 0 Å². The van der Waals surface area contributed by atoms with Gasteiger partial charge in [0.2, 0.25) is 0 Å². The average molecular weight is 759 g/mol. The molecule has 0 aliphatic heterocycles. The zero-order chi connectivity index (χ0) is 39.9. The van der Waals surface area contributed by atoms with Gasteiger partial charge in [0, 0.05) is 19.3 Å². The number of aliphatic hydroxyl groups excluding tert-OH is 2. The minimum atomic E-state index is -0.953. The van der Waals surface area contributed by atoms with Crippen LogP contribution in [0.25, 0.3) is 0 Å². The molecule has 0 bridgehead atoms. The van der Waals surface area contributed by atoms with Crippen molar-refractivity contribution in [2.75, 3.05) is 13.2 Å². The predicted molar refractivity (Wildman–Crippen MR) is 223 cm³/mol. The highest BCUT2D eigenvalue weighted by Gasteiger charge is 2.07. The smallest absolute Gasteiger partial charge is 0.305 e. The molecule has 1 unspecified atom stereocenters. The zero-order valence-electron chi connectivity index (χ0n) is 35.4. The van der Waals surface area contributed by atoms with Crippen molar-refractivity contribution >= 4 is 17.9 Å². The highest BCUT2D eigenvalue weighted by Crippen LogP contribution is 2.14. The Morgan fingerprint density at radius 2 is 0.623 bits per heavy atom. The van der Waals surface area contributed by atoms with Crippen molar-refractivity contribution in [2.45, 2.75) is 258 Å². The number of unbranched alkanes of at least 4 members (excludes halogenated alkanes) is 30. The van der Waals surface area contributed by atoms with Crippen molar-refractivity contribution in [1.29, 1.82) is 0 Å². The Bertz CT molecular complexity index is 693. The lowest BCUT2D eigenvalue weighted by atomic mass is 10.1. The normalized spacial score (nSPS) is 11.3. The molecule has 0 saturated carbocycles. The molecule has 4 N–H and O–H groups in total. The van der Waals surface area contributed by atoms with Crippen LogP contribution in [0.2, 0.25) is 0 Å². The van der Waals surface area contributed by atoms with Gasteiger partial charge in [-0.3, -0.25) is 14.4 Å². The molecule has 8 heteroatoms. The molecule has 0 fully saturated rings. The lowest BCUT2D eigenvalue weighted by molar-refractivity contribution is -0.147. The first-order valence-electron chi connectivity index (χ1n) is 22.6. The van der Waals surface area contributed by atoms with E-state index in [1.54, 1.807) is 0 Å². The highest BCUT2D eigenvalue weighted by molar-refractivity contribution is 5.69. The minimum Gasteiger partial charge on any atom is -0.481 e. The second-order valence-corrected chi connectivity index (χ2v) is 15.2. The number of rotatable bonds is 39. The number of carbonyl (C=O) groups excluding carboxylic acids is 1. The quantitative estimate of drug-likeness (QED) is 0.0358. The summed E-state index contributed by atoms with van der Waals surface area (Å²) >= 11 is 0. The molecule has 0 aliphatic carbocycles. The van der Waals surface area contributed by atoms with Gasteiger partial charge in [0.25, 0.3) is 0 Å². The largest absolute Gasteiger partial charge is 0.481 e. The number of hydrogen-bond donors (Lipinski definition) is 4. The van der Waals surface area contributed by atoms with Crippen molar-refractivity contribution in [3.8, 4) is 0 Å². The van der Waals surface area contributed by atoms with Crippen LogP contribution in [-0.2, 0) is 19.1 Å². The maximum atomic E-state index is 11.3. The molecule has 318 valence electrons. The van der Waals surface area contributed by atoms with Crippen LogP contribution in [0.5, 0.6) is 0 Å². The molecule has 0 aliphatic rings. The minimum absolute atomic E-state index is 0.104. The summed E-state index contributed by atoms with van der Waals surface area (Å²) in [4.78, 5) is 31.8. The molecule has 0 saturated heterocycles. The Kier molecular flexibility index (Phi) is 52.9. The number of aliphatic carboxylic acids is 2. The maximum absolute atomic E-state index is 11.3. The summed E-state index contributed by atoms with van der Waals surface area (Å²) < 4.78 is 4.84. The third kappa shape index (κ3) is 59.8. The standard InChI is InChI=1S/C17H34O4.2C14H28O2/c1-2-3-4-5-6-7-8-9-10-11-12-13-17(20)21-15-16(19)14-18;2*1-2-3-4-5-6-7-8-9-10-11-12-13-14(15)16/h16,18-19H,2-15H2,1H3;2*2-13H2,1H3,(H,15,16). The number of esters is 1. The zero-order valence-corrected chi connectivity index (χ0v) is 35.4. The van der Waals surface area contributed by atoms with Gasteiger partial charge in [0.15, 0.2) is 0 Å². The molecular formula is C45H90O8. The number of carboxylic acid groups (broad SMARTS) is 2. The van der Waals surface area contributed by atoms with Crippen molar-refractivity contribution in [1.82, 2.24) is 0 Å². The summed E-state index contributed by atoms with van der Waals surface area (Å²) in [6.07, 6.45) is 42.0. The maximum Gasteiger partial charge on any atom is 0.305 e. The van der Waals surface area contributed by atoms with Crippen LogP contribution in [0.1, 0.15) is 252 Å². The van der Waals surface area contributed by atoms with Crippen LogP contribution in [0.3, 0.4) is 0 Å². The fourth-order valence-corrected chi connectivity index (χ4v) is 6.13. The number of aliphatic hydroxyl groups is 2. The summed E-state index contributed by atoms with van der Waals surface area (Å²) in [5.74, 6) is -1.59. The third-order valence-electron chi connectivity index (χ3n) is 9.62. The molecule has 0 amide bonds. The number of hydrogen-bond acceptors (Lipinski definition) is 6. The van der Waals surface area contributed by atoms with E-state index >= 15 is 0 Å². The first kappa shape index (κ1) is 55.7. The van der Waals surface area contributed by atoms with Crippen LogP contribution in [0.4, 0.5) is 0 Å². The second-order valence-electron chi connectivity index (χ2n) is 15.2. The van der Waals surface area contributed by atoms with E-state index in [9.17, 15) is 14.4 Å². The van der Waals surface area contributed by atoms with Crippen molar-refractivity contribution in [3.05, 3.63) is 0 Å². The summed E-state index contributed by atoms with van der Waals surface area (Å²) in [6, 6.07) is 0. The van der Waals surface area contributed by atoms with E-state index < -0.39 is 18.0 Å². The van der Waals surface area contributed by atoms with Gasteiger partial charge >= 0.3 is 17.9 Å². The fraction of sp³-hybridized carbons (Fsp3) is 0.933. The van der Waals surface area contributed by atoms with E-state index in [-0.39, 0.29) is 19.2 Å². The Labute approximate surface area is 328 Å². The van der Waals surface area contributed by atoms with Gasteiger partial charge in [-0.15, -0.1) is 0 Å². The van der Waals surface area contributed by atoms with E-state index in [0.717, 1.165) is 38.5 Å². The van der Waals surface area contributed by atoms with Gasteiger partial charge in [-0.2, -0.15) is 0 Å². The molecule has 0 radical (unpaired) electrons. The lowest BCUT2D eigenvalue weighted by Gasteiger charge is -2.08. The Balaban J connectivity index is -0.000000718. The Morgan fingerprint density at radius 1 is 0.396 bits per heavy atom. The van der Waals surface area contributed by atoms with Crippen molar-refractivity contribution in [2.24, 2.45) is 0 Å². The SMILES string of the molecule is CCCCCCCCCCCCCC(=O)O.CCCCCCCCCCCCCC(=O)O.CCCCCCCCCCCCCC(=O)OCC(O)CO. The molecule has 0 aromatic rings. The summed E-state index contributed by atoms with van der Waals surface area (Å²) in [5, 5.41) is 34.5. The van der Waals surface area contributed by atoms with Crippen LogP contribution in [0, 0.1) is 0 Å². The predicted octanol–water partition coefficient (Wildman–Crippen LogP) is 13.1. The summed E-state index contributed by atoms with van der Waals surface area (Å²) in [7, 11) is 0. The molecule has 8 nitrogen and oxygen atoms in total. The first-order valence-corrected chi connectivity index (χ1v) is 22.6. The van der Waals surface area contributed by atoms with Gasteiger partial charge in [-0.1, -0.05) is 213 Å².